The highest BCUT2D eigenvalue weighted by Crippen LogP contribution is 2.28. The highest BCUT2D eigenvalue weighted by molar-refractivity contribution is 5.91. The molecule has 0 spiro atoms. The number of amides is 1. The van der Waals surface area contributed by atoms with Crippen molar-refractivity contribution in [3.8, 4) is 23.0 Å². The predicted molar refractivity (Wildman–Crippen MR) is 147 cm³/mol. The first-order valence-corrected chi connectivity index (χ1v) is 12.2. The minimum Gasteiger partial charge on any atom is -0.493 e. The van der Waals surface area contributed by atoms with E-state index >= 15 is 0 Å². The maximum atomic E-state index is 12.4. The van der Waals surface area contributed by atoms with E-state index in [4.69, 9.17) is 18.9 Å². The number of hydrogen-bond donors (Lipinski definition) is 1. The van der Waals surface area contributed by atoms with Crippen molar-refractivity contribution in [3.05, 3.63) is 120 Å². The van der Waals surface area contributed by atoms with E-state index in [1.807, 2.05) is 36.4 Å². The predicted octanol–water partition coefficient (Wildman–Crippen LogP) is 5.41. The van der Waals surface area contributed by atoms with E-state index in [0.29, 0.717) is 35.0 Å². The van der Waals surface area contributed by atoms with E-state index in [0.717, 1.165) is 5.56 Å². The summed E-state index contributed by atoms with van der Waals surface area (Å²) in [5.74, 6) is 0.929. The number of carbonyl (C=O) groups is 2. The Morgan fingerprint density at radius 1 is 0.846 bits per heavy atom. The van der Waals surface area contributed by atoms with Crippen LogP contribution < -0.4 is 24.4 Å². The first-order valence-electron chi connectivity index (χ1n) is 12.2. The van der Waals surface area contributed by atoms with Crippen LogP contribution in [0.1, 0.15) is 28.4 Å². The maximum absolute atomic E-state index is 12.4. The van der Waals surface area contributed by atoms with Gasteiger partial charge in [0.25, 0.3) is 5.91 Å². The average Bonchev–Trinajstić information content (AvgIpc) is 2.98. The zero-order chi connectivity index (χ0) is 27.5. The van der Waals surface area contributed by atoms with Crippen molar-refractivity contribution in [3.63, 3.8) is 0 Å². The Labute approximate surface area is 226 Å². The van der Waals surface area contributed by atoms with E-state index in [9.17, 15) is 9.59 Å². The van der Waals surface area contributed by atoms with Crippen molar-refractivity contribution < 1.29 is 28.5 Å². The Kier molecular flexibility index (Phi) is 9.28. The van der Waals surface area contributed by atoms with Crippen molar-refractivity contribution in [2.24, 2.45) is 5.10 Å². The van der Waals surface area contributed by atoms with Gasteiger partial charge in [-0.2, -0.15) is 5.10 Å². The lowest BCUT2D eigenvalue weighted by Crippen LogP contribution is -2.33. The van der Waals surface area contributed by atoms with Crippen LogP contribution in [-0.2, 0) is 11.4 Å². The molecular formula is C31H28N2O6. The van der Waals surface area contributed by atoms with Crippen LogP contribution in [0.3, 0.4) is 0 Å². The zero-order valence-corrected chi connectivity index (χ0v) is 21.6. The molecule has 0 radical (unpaired) electrons. The second kappa shape index (κ2) is 13.4. The molecule has 8 heteroatoms. The molecule has 0 saturated heterocycles. The summed E-state index contributed by atoms with van der Waals surface area (Å²) in [7, 11) is 1.47. The van der Waals surface area contributed by atoms with E-state index in [-0.39, 0.29) is 5.75 Å². The number of carbonyl (C=O) groups excluding carboxylic acids is 2. The third-order valence-electron chi connectivity index (χ3n) is 5.54. The number of ether oxygens (including phenoxy) is 4. The average molecular weight is 525 g/mol. The standard InChI is InChI=1S/C31H28N2O6/c1-22(38-27-16-14-26(15-17-27)37-21-23-9-5-3-6-10-23)30(34)33-32-20-24-13-18-28(29(19-24)36-2)39-31(35)25-11-7-4-8-12-25/h3-20,22H,21H2,1-2H3,(H,33,34)/b32-20+. The SMILES string of the molecule is COc1cc(/C=N/NC(=O)C(C)Oc2ccc(OCc3ccccc3)cc2)ccc1OC(=O)c1ccccc1. The molecule has 0 bridgehead atoms. The van der Waals surface area contributed by atoms with Crippen LogP contribution in [0.25, 0.3) is 0 Å². The lowest BCUT2D eigenvalue weighted by molar-refractivity contribution is -0.127. The van der Waals surface area contributed by atoms with Gasteiger partial charge in [0.1, 0.15) is 18.1 Å². The summed E-state index contributed by atoms with van der Waals surface area (Å²) >= 11 is 0. The minimum atomic E-state index is -0.785. The monoisotopic (exact) mass is 524 g/mol. The van der Waals surface area contributed by atoms with Crippen LogP contribution in [0.5, 0.6) is 23.0 Å². The molecule has 0 fully saturated rings. The second-order valence-corrected chi connectivity index (χ2v) is 8.41. The van der Waals surface area contributed by atoms with Crippen LogP contribution in [0.15, 0.2) is 108 Å². The number of nitrogens with one attached hydrogen (secondary N) is 1. The van der Waals surface area contributed by atoms with E-state index in [1.54, 1.807) is 73.7 Å². The molecule has 4 aromatic carbocycles. The summed E-state index contributed by atoms with van der Waals surface area (Å²) in [4.78, 5) is 24.8. The number of nitrogens with zero attached hydrogens (tertiary/aromatic N) is 1. The van der Waals surface area contributed by atoms with Gasteiger partial charge in [-0.15, -0.1) is 0 Å². The fourth-order valence-electron chi connectivity index (χ4n) is 3.46. The Hall–Kier alpha value is -5.11. The van der Waals surface area contributed by atoms with Crippen LogP contribution in [0.4, 0.5) is 0 Å². The smallest absolute Gasteiger partial charge is 0.343 e. The molecule has 1 atom stereocenters. The van der Waals surface area contributed by atoms with Gasteiger partial charge in [0.15, 0.2) is 17.6 Å². The molecule has 39 heavy (non-hydrogen) atoms. The number of benzene rings is 4. The summed E-state index contributed by atoms with van der Waals surface area (Å²) in [5.41, 5.74) is 4.59. The molecule has 0 saturated carbocycles. The molecule has 0 heterocycles. The Morgan fingerprint density at radius 2 is 1.51 bits per heavy atom. The van der Waals surface area contributed by atoms with E-state index in [2.05, 4.69) is 10.5 Å². The number of hydrazone groups is 1. The summed E-state index contributed by atoms with van der Waals surface area (Å²) < 4.78 is 22.3. The zero-order valence-electron chi connectivity index (χ0n) is 21.6. The van der Waals surface area contributed by atoms with Gasteiger partial charge in [0, 0.05) is 0 Å². The second-order valence-electron chi connectivity index (χ2n) is 8.41. The normalized spacial score (nSPS) is 11.4. The van der Waals surface area contributed by atoms with Gasteiger partial charge < -0.3 is 18.9 Å². The number of esters is 1. The van der Waals surface area contributed by atoms with E-state index < -0.39 is 18.0 Å². The lowest BCUT2D eigenvalue weighted by atomic mass is 10.2. The van der Waals surface area contributed by atoms with Crippen molar-refractivity contribution >= 4 is 18.1 Å². The van der Waals surface area contributed by atoms with Crippen LogP contribution in [0, 0.1) is 0 Å². The topological polar surface area (TPSA) is 95.5 Å². The molecular weight excluding hydrogens is 496 g/mol. The molecule has 1 N–H and O–H groups in total. The van der Waals surface area contributed by atoms with Crippen LogP contribution in [-0.4, -0.2) is 31.3 Å². The Bertz CT molecular complexity index is 1410. The summed E-state index contributed by atoms with van der Waals surface area (Å²) in [6, 6.07) is 30.5. The molecule has 0 aromatic heterocycles. The maximum Gasteiger partial charge on any atom is 0.343 e. The highest BCUT2D eigenvalue weighted by Gasteiger charge is 2.15. The van der Waals surface area contributed by atoms with Crippen molar-refractivity contribution in [2.45, 2.75) is 19.6 Å². The number of methoxy groups -OCH3 is 1. The molecule has 8 nitrogen and oxygen atoms in total. The number of rotatable bonds is 11. The summed E-state index contributed by atoms with van der Waals surface area (Å²) in [6.45, 7) is 2.09. The quantitative estimate of drug-likeness (QED) is 0.122. The summed E-state index contributed by atoms with van der Waals surface area (Å²) in [5, 5.41) is 4.00. The molecule has 1 unspecified atom stereocenters. The Morgan fingerprint density at radius 3 is 2.21 bits per heavy atom. The highest BCUT2D eigenvalue weighted by atomic mass is 16.6. The minimum absolute atomic E-state index is 0.269. The number of hydrogen-bond acceptors (Lipinski definition) is 7. The lowest BCUT2D eigenvalue weighted by Gasteiger charge is -2.13. The molecule has 0 aliphatic heterocycles. The summed E-state index contributed by atoms with van der Waals surface area (Å²) in [6.07, 6.45) is 0.669. The van der Waals surface area contributed by atoms with Gasteiger partial charge >= 0.3 is 5.97 Å². The third-order valence-corrected chi connectivity index (χ3v) is 5.54. The molecule has 1 amide bonds. The molecule has 4 aromatic rings. The first kappa shape index (κ1) is 26.9. The van der Waals surface area contributed by atoms with Gasteiger partial charge in [0.2, 0.25) is 0 Å². The molecule has 0 aliphatic carbocycles. The van der Waals surface area contributed by atoms with Crippen molar-refractivity contribution in [1.82, 2.24) is 5.43 Å². The van der Waals surface area contributed by atoms with Crippen LogP contribution >= 0.6 is 0 Å². The van der Waals surface area contributed by atoms with Crippen LogP contribution in [0.2, 0.25) is 0 Å². The van der Waals surface area contributed by atoms with Gasteiger partial charge in [-0.05, 0) is 72.6 Å². The van der Waals surface area contributed by atoms with Gasteiger partial charge in [0.05, 0.1) is 18.9 Å². The fourth-order valence-corrected chi connectivity index (χ4v) is 3.46. The third kappa shape index (κ3) is 7.93. The van der Waals surface area contributed by atoms with Gasteiger partial charge in [-0.3, -0.25) is 4.79 Å². The van der Waals surface area contributed by atoms with E-state index in [1.165, 1.54) is 13.3 Å². The molecule has 4 rings (SSSR count). The van der Waals surface area contributed by atoms with Crippen molar-refractivity contribution in [2.75, 3.05) is 7.11 Å². The van der Waals surface area contributed by atoms with Gasteiger partial charge in [-0.1, -0.05) is 48.5 Å². The van der Waals surface area contributed by atoms with Gasteiger partial charge in [-0.25, -0.2) is 10.2 Å². The molecule has 198 valence electrons. The largest absolute Gasteiger partial charge is 0.493 e. The Balaban J connectivity index is 1.26. The first-order chi connectivity index (χ1) is 19.0. The van der Waals surface area contributed by atoms with Crippen molar-refractivity contribution in [1.29, 1.82) is 0 Å². The fraction of sp³-hybridized carbons (Fsp3) is 0.129. The molecule has 0 aliphatic rings.